The maximum absolute atomic E-state index is 12.1. The molecule has 0 bridgehead atoms. The second-order valence-corrected chi connectivity index (χ2v) is 8.21. The van der Waals surface area contributed by atoms with E-state index in [9.17, 15) is 15.2 Å². The van der Waals surface area contributed by atoms with Crippen molar-refractivity contribution in [2.45, 2.75) is 26.3 Å². The zero-order chi connectivity index (χ0) is 22.2. The van der Waals surface area contributed by atoms with Gasteiger partial charge >= 0.3 is 6.09 Å². The third-order valence-corrected chi connectivity index (χ3v) is 5.40. The third-order valence-electron chi connectivity index (χ3n) is 4.47. The first-order valence-corrected chi connectivity index (χ1v) is 9.79. The molecule has 3 rings (SSSR count). The Morgan fingerprint density at radius 1 is 1.20 bits per heavy atom. The minimum Gasteiger partial charge on any atom is -0.496 e. The number of carboxylic acid groups (broad SMARTS) is 1. The van der Waals surface area contributed by atoms with Crippen LogP contribution in [0.5, 0.6) is 17.4 Å². The summed E-state index contributed by atoms with van der Waals surface area (Å²) in [7, 11) is 4.45. The topological polar surface area (TPSA) is 109 Å². The molecule has 2 heterocycles. The number of hydrogen-bond acceptors (Lipinski definition) is 7. The van der Waals surface area contributed by atoms with Gasteiger partial charge in [-0.25, -0.2) is 9.31 Å². The maximum Gasteiger partial charge on any atom is 0.412 e. The van der Waals surface area contributed by atoms with Crippen molar-refractivity contribution in [3.8, 4) is 34.7 Å². The lowest BCUT2D eigenvalue weighted by Crippen LogP contribution is -2.45. The highest BCUT2D eigenvalue weighted by atomic mass is 32.1. The Labute approximate surface area is 177 Å². The van der Waals surface area contributed by atoms with E-state index in [0.29, 0.717) is 38.8 Å². The first-order chi connectivity index (χ1) is 14.2. The quantitative estimate of drug-likeness (QED) is 0.644. The van der Waals surface area contributed by atoms with Gasteiger partial charge in [0.05, 0.1) is 44.2 Å². The summed E-state index contributed by atoms with van der Waals surface area (Å²) in [5.41, 5.74) is 1.25. The van der Waals surface area contributed by atoms with Crippen molar-refractivity contribution in [1.82, 2.24) is 9.61 Å². The van der Waals surface area contributed by atoms with Crippen molar-refractivity contribution in [3.05, 3.63) is 23.1 Å². The summed E-state index contributed by atoms with van der Waals surface area (Å²) in [4.78, 5) is 13.9. The van der Waals surface area contributed by atoms with Gasteiger partial charge in [-0.3, -0.25) is 4.90 Å². The molecule has 158 valence electrons. The predicted octanol–water partition coefficient (Wildman–Crippen LogP) is 4.24. The molecule has 0 saturated carbocycles. The van der Waals surface area contributed by atoms with Crippen LogP contribution in [0.15, 0.2) is 17.5 Å². The van der Waals surface area contributed by atoms with Gasteiger partial charge in [-0.2, -0.15) is 5.26 Å². The molecule has 30 heavy (non-hydrogen) atoms. The van der Waals surface area contributed by atoms with Crippen molar-refractivity contribution in [3.63, 3.8) is 0 Å². The van der Waals surface area contributed by atoms with Crippen molar-refractivity contribution >= 4 is 27.9 Å². The summed E-state index contributed by atoms with van der Waals surface area (Å²) >= 11 is 1.32. The number of thiazole rings is 1. The lowest BCUT2D eigenvalue weighted by atomic mass is 10.1. The van der Waals surface area contributed by atoms with E-state index >= 15 is 0 Å². The van der Waals surface area contributed by atoms with Crippen LogP contribution in [0.2, 0.25) is 0 Å². The molecule has 0 saturated heterocycles. The fraction of sp³-hybridized carbons (Fsp3) is 0.350. The molecule has 0 aliphatic rings. The number of ether oxygens (including phenoxy) is 3. The molecule has 1 aromatic carbocycles. The van der Waals surface area contributed by atoms with Gasteiger partial charge in [-0.1, -0.05) is 0 Å². The Morgan fingerprint density at radius 2 is 1.80 bits per heavy atom. The SMILES string of the molecule is COc1cc(C#N)cc(OC)c1-c1csc2c(N(C(=O)O)C(C)(C)C)c(OC)nn12. The lowest BCUT2D eigenvalue weighted by Gasteiger charge is -2.32. The number of carbonyl (C=O) groups is 1. The molecule has 0 aliphatic heterocycles. The van der Waals surface area contributed by atoms with Gasteiger partial charge in [0.2, 0.25) is 0 Å². The largest absolute Gasteiger partial charge is 0.496 e. The average Bonchev–Trinajstić information content (AvgIpc) is 3.25. The summed E-state index contributed by atoms with van der Waals surface area (Å²) in [5.74, 6) is 1.06. The van der Waals surface area contributed by atoms with E-state index < -0.39 is 11.6 Å². The highest BCUT2D eigenvalue weighted by Crippen LogP contribution is 2.45. The van der Waals surface area contributed by atoms with E-state index in [1.54, 1.807) is 37.4 Å². The molecule has 0 aliphatic carbocycles. The Balaban J connectivity index is 2.35. The van der Waals surface area contributed by atoms with Crippen molar-refractivity contribution < 1.29 is 24.1 Å². The van der Waals surface area contributed by atoms with Crippen LogP contribution in [-0.4, -0.2) is 47.7 Å². The van der Waals surface area contributed by atoms with E-state index in [1.165, 1.54) is 37.6 Å². The van der Waals surface area contributed by atoms with E-state index in [2.05, 4.69) is 11.2 Å². The van der Waals surface area contributed by atoms with Gasteiger partial charge < -0.3 is 19.3 Å². The molecule has 0 radical (unpaired) electrons. The first-order valence-electron chi connectivity index (χ1n) is 8.91. The molecular weight excluding hydrogens is 408 g/mol. The van der Waals surface area contributed by atoms with E-state index in [-0.39, 0.29) is 5.88 Å². The standard InChI is InChI=1S/C20H22N4O5S/c1-20(2,3)23(19(25)26)16-17(29-6)22-24-12(10-30-18(16)24)15-13(27-4)7-11(9-21)8-14(15)28-5/h7-8,10H,1-6H3,(H,25,26). The number of aromatic nitrogens is 2. The Kier molecular flexibility index (Phi) is 5.50. The number of fused-ring (bicyclic) bond motifs is 1. The molecule has 0 fully saturated rings. The van der Waals surface area contributed by atoms with Gasteiger partial charge in [-0.05, 0) is 32.9 Å². The van der Waals surface area contributed by atoms with E-state index in [0.717, 1.165) is 0 Å². The summed E-state index contributed by atoms with van der Waals surface area (Å²) in [5, 5.41) is 25.5. The highest BCUT2D eigenvalue weighted by Gasteiger charge is 2.35. The minimum absolute atomic E-state index is 0.187. The van der Waals surface area contributed by atoms with Crippen LogP contribution in [0, 0.1) is 11.3 Å². The van der Waals surface area contributed by atoms with Crippen LogP contribution in [0.3, 0.4) is 0 Å². The summed E-state index contributed by atoms with van der Waals surface area (Å²) in [6, 6.07) is 5.31. The van der Waals surface area contributed by atoms with Crippen LogP contribution in [0.25, 0.3) is 16.1 Å². The number of hydrogen-bond donors (Lipinski definition) is 1. The lowest BCUT2D eigenvalue weighted by molar-refractivity contribution is 0.195. The number of rotatable bonds is 5. The number of nitriles is 1. The monoisotopic (exact) mass is 430 g/mol. The fourth-order valence-electron chi connectivity index (χ4n) is 3.25. The van der Waals surface area contributed by atoms with Gasteiger partial charge in [0.15, 0.2) is 0 Å². The number of methoxy groups -OCH3 is 3. The smallest absolute Gasteiger partial charge is 0.412 e. The molecule has 1 N–H and O–H groups in total. The fourth-order valence-corrected chi connectivity index (χ4v) is 4.22. The molecule has 2 aromatic heterocycles. The summed E-state index contributed by atoms with van der Waals surface area (Å²) < 4.78 is 18.0. The van der Waals surface area contributed by atoms with E-state index in [1.807, 2.05) is 5.38 Å². The summed E-state index contributed by atoms with van der Waals surface area (Å²) in [6.45, 7) is 5.39. The van der Waals surface area contributed by atoms with Crippen LogP contribution >= 0.6 is 11.3 Å². The number of anilines is 1. The van der Waals surface area contributed by atoms with Gasteiger partial charge in [0.25, 0.3) is 5.88 Å². The molecule has 0 atom stereocenters. The second kappa shape index (κ2) is 7.76. The molecule has 0 unspecified atom stereocenters. The Bertz CT molecular complexity index is 1130. The zero-order valence-corrected chi connectivity index (χ0v) is 18.3. The maximum atomic E-state index is 12.1. The number of amides is 1. The first kappa shape index (κ1) is 21.3. The number of nitrogens with zero attached hydrogens (tertiary/aromatic N) is 4. The summed E-state index contributed by atoms with van der Waals surface area (Å²) in [6.07, 6.45) is -1.11. The van der Waals surface area contributed by atoms with Crippen LogP contribution in [-0.2, 0) is 0 Å². The minimum atomic E-state index is -1.11. The van der Waals surface area contributed by atoms with Crippen LogP contribution < -0.4 is 19.1 Å². The molecule has 9 nitrogen and oxygen atoms in total. The van der Waals surface area contributed by atoms with Gasteiger partial charge in [0.1, 0.15) is 22.0 Å². The van der Waals surface area contributed by atoms with Crippen LogP contribution in [0.4, 0.5) is 10.5 Å². The molecule has 10 heteroatoms. The van der Waals surface area contributed by atoms with Crippen molar-refractivity contribution in [2.75, 3.05) is 26.2 Å². The van der Waals surface area contributed by atoms with Crippen molar-refractivity contribution in [2.24, 2.45) is 0 Å². The second-order valence-electron chi connectivity index (χ2n) is 7.35. The zero-order valence-electron chi connectivity index (χ0n) is 17.5. The van der Waals surface area contributed by atoms with E-state index in [4.69, 9.17) is 14.2 Å². The van der Waals surface area contributed by atoms with Gasteiger partial charge in [0, 0.05) is 10.9 Å². The third kappa shape index (κ3) is 3.37. The molecule has 3 aromatic rings. The molecule has 0 spiro atoms. The normalized spacial score (nSPS) is 11.2. The average molecular weight is 430 g/mol. The Morgan fingerprint density at radius 3 is 2.23 bits per heavy atom. The Hall–Kier alpha value is -3.45. The molecular formula is C20H22N4O5S. The highest BCUT2D eigenvalue weighted by molar-refractivity contribution is 7.16. The molecule has 1 amide bonds. The van der Waals surface area contributed by atoms with Crippen LogP contribution in [0.1, 0.15) is 26.3 Å². The predicted molar refractivity (Wildman–Crippen MR) is 113 cm³/mol. The van der Waals surface area contributed by atoms with Crippen molar-refractivity contribution in [1.29, 1.82) is 5.26 Å². The number of benzene rings is 1. The van der Waals surface area contributed by atoms with Gasteiger partial charge in [-0.15, -0.1) is 16.4 Å².